The molecule has 1 aromatic carbocycles. The standard InChI is InChI=1S/C16H20N2O2/c1-11(2)18-15(14(20-4)10-17-18)16(19)12(3)13-8-6-5-7-9-13/h5-12H,1-4H3. The molecule has 4 heteroatoms. The number of hydrogen-bond acceptors (Lipinski definition) is 3. The van der Waals surface area contributed by atoms with Crippen molar-refractivity contribution in [3.8, 4) is 5.75 Å². The number of nitrogens with zero attached hydrogens (tertiary/aromatic N) is 2. The van der Waals surface area contributed by atoms with Gasteiger partial charge in [-0.2, -0.15) is 5.10 Å². The average Bonchev–Trinajstić information content (AvgIpc) is 2.90. The van der Waals surface area contributed by atoms with Crippen molar-refractivity contribution >= 4 is 5.78 Å². The van der Waals surface area contributed by atoms with Crippen LogP contribution < -0.4 is 4.74 Å². The first kappa shape index (κ1) is 14.3. The molecule has 0 spiro atoms. The molecule has 0 saturated carbocycles. The van der Waals surface area contributed by atoms with Crippen LogP contribution in [0.25, 0.3) is 0 Å². The van der Waals surface area contributed by atoms with Crippen molar-refractivity contribution in [3.05, 3.63) is 47.8 Å². The number of methoxy groups -OCH3 is 1. The fraction of sp³-hybridized carbons (Fsp3) is 0.375. The first-order valence-electron chi connectivity index (χ1n) is 6.77. The minimum atomic E-state index is -0.223. The lowest BCUT2D eigenvalue weighted by atomic mass is 9.94. The fourth-order valence-corrected chi connectivity index (χ4v) is 2.22. The summed E-state index contributed by atoms with van der Waals surface area (Å²) in [5, 5.41) is 4.25. The summed E-state index contributed by atoms with van der Waals surface area (Å²) in [5.41, 5.74) is 1.54. The summed E-state index contributed by atoms with van der Waals surface area (Å²) in [6.07, 6.45) is 1.60. The van der Waals surface area contributed by atoms with Crippen LogP contribution in [0.1, 0.15) is 48.8 Å². The topological polar surface area (TPSA) is 44.1 Å². The maximum atomic E-state index is 12.8. The van der Waals surface area contributed by atoms with Gasteiger partial charge in [-0.3, -0.25) is 9.48 Å². The summed E-state index contributed by atoms with van der Waals surface area (Å²) in [6.45, 7) is 5.90. The molecule has 0 aliphatic carbocycles. The van der Waals surface area contributed by atoms with Crippen LogP contribution in [0.5, 0.6) is 5.75 Å². The van der Waals surface area contributed by atoms with Crippen LogP contribution in [0, 0.1) is 0 Å². The van der Waals surface area contributed by atoms with E-state index in [4.69, 9.17) is 4.74 Å². The number of Topliss-reactive ketones (excluding diaryl/α,β-unsaturated/α-hetero) is 1. The zero-order chi connectivity index (χ0) is 14.7. The minimum absolute atomic E-state index is 0.0271. The van der Waals surface area contributed by atoms with Gasteiger partial charge < -0.3 is 4.74 Å². The first-order chi connectivity index (χ1) is 9.56. The predicted molar refractivity (Wildman–Crippen MR) is 78.4 cm³/mol. The molecule has 0 saturated heterocycles. The van der Waals surface area contributed by atoms with Crippen LogP contribution >= 0.6 is 0 Å². The van der Waals surface area contributed by atoms with E-state index < -0.39 is 0 Å². The molecule has 0 fully saturated rings. The van der Waals surface area contributed by atoms with E-state index in [0.29, 0.717) is 11.4 Å². The van der Waals surface area contributed by atoms with Crippen LogP contribution in [-0.2, 0) is 0 Å². The largest absolute Gasteiger partial charge is 0.493 e. The number of carbonyl (C=O) groups is 1. The Morgan fingerprint density at radius 1 is 1.20 bits per heavy atom. The third kappa shape index (κ3) is 2.59. The smallest absolute Gasteiger partial charge is 0.191 e. The highest BCUT2D eigenvalue weighted by Crippen LogP contribution is 2.28. The van der Waals surface area contributed by atoms with Gasteiger partial charge in [-0.05, 0) is 19.4 Å². The lowest BCUT2D eigenvalue weighted by Crippen LogP contribution is -2.18. The quantitative estimate of drug-likeness (QED) is 0.783. The van der Waals surface area contributed by atoms with Crippen molar-refractivity contribution in [2.75, 3.05) is 7.11 Å². The Balaban J connectivity index is 2.40. The highest BCUT2D eigenvalue weighted by Gasteiger charge is 2.26. The molecule has 0 bridgehead atoms. The molecule has 4 nitrogen and oxygen atoms in total. The summed E-state index contributed by atoms with van der Waals surface area (Å²) < 4.78 is 7.00. The number of ether oxygens (including phenoxy) is 1. The zero-order valence-electron chi connectivity index (χ0n) is 12.3. The van der Waals surface area contributed by atoms with Crippen molar-refractivity contribution in [2.24, 2.45) is 0 Å². The monoisotopic (exact) mass is 272 g/mol. The molecule has 0 aliphatic rings. The normalized spacial score (nSPS) is 12.4. The summed E-state index contributed by atoms with van der Waals surface area (Å²) in [4.78, 5) is 12.8. The minimum Gasteiger partial charge on any atom is -0.493 e. The van der Waals surface area contributed by atoms with E-state index >= 15 is 0 Å². The Bertz CT molecular complexity index is 588. The van der Waals surface area contributed by atoms with E-state index in [-0.39, 0.29) is 17.7 Å². The summed E-state index contributed by atoms with van der Waals surface area (Å²) in [7, 11) is 1.56. The predicted octanol–water partition coefficient (Wildman–Crippen LogP) is 3.46. The maximum absolute atomic E-state index is 12.8. The number of benzene rings is 1. The van der Waals surface area contributed by atoms with Crippen LogP contribution in [0.3, 0.4) is 0 Å². The van der Waals surface area contributed by atoms with E-state index in [1.54, 1.807) is 18.0 Å². The zero-order valence-corrected chi connectivity index (χ0v) is 12.3. The number of rotatable bonds is 5. The maximum Gasteiger partial charge on any atom is 0.191 e. The second-order valence-electron chi connectivity index (χ2n) is 5.10. The Labute approximate surface area is 119 Å². The molecule has 1 atom stereocenters. The molecule has 0 N–H and O–H groups in total. The molecular weight excluding hydrogens is 252 g/mol. The third-order valence-corrected chi connectivity index (χ3v) is 3.40. The van der Waals surface area contributed by atoms with Gasteiger partial charge in [0.1, 0.15) is 5.69 Å². The van der Waals surface area contributed by atoms with Crippen molar-refractivity contribution < 1.29 is 9.53 Å². The molecule has 0 radical (unpaired) electrons. The van der Waals surface area contributed by atoms with Gasteiger partial charge in [0.05, 0.1) is 13.3 Å². The molecule has 2 aromatic rings. The molecule has 1 unspecified atom stereocenters. The van der Waals surface area contributed by atoms with Gasteiger partial charge in [-0.1, -0.05) is 37.3 Å². The van der Waals surface area contributed by atoms with Crippen LogP contribution in [0.4, 0.5) is 0 Å². The molecular formula is C16H20N2O2. The summed E-state index contributed by atoms with van der Waals surface area (Å²) >= 11 is 0. The SMILES string of the molecule is COc1cnn(C(C)C)c1C(=O)C(C)c1ccccc1. The number of ketones is 1. The van der Waals surface area contributed by atoms with Crippen molar-refractivity contribution in [2.45, 2.75) is 32.7 Å². The van der Waals surface area contributed by atoms with Gasteiger partial charge in [0.25, 0.3) is 0 Å². The molecule has 0 amide bonds. The molecule has 2 rings (SSSR count). The molecule has 0 aliphatic heterocycles. The average molecular weight is 272 g/mol. The fourth-order valence-electron chi connectivity index (χ4n) is 2.22. The molecule has 1 aromatic heterocycles. The van der Waals surface area contributed by atoms with Crippen LogP contribution in [0.15, 0.2) is 36.5 Å². The van der Waals surface area contributed by atoms with Gasteiger partial charge in [-0.25, -0.2) is 0 Å². The van der Waals surface area contributed by atoms with Crippen LogP contribution in [-0.4, -0.2) is 22.7 Å². The van der Waals surface area contributed by atoms with E-state index in [1.165, 1.54) is 0 Å². The van der Waals surface area contributed by atoms with Crippen molar-refractivity contribution in [1.82, 2.24) is 9.78 Å². The van der Waals surface area contributed by atoms with Gasteiger partial charge in [-0.15, -0.1) is 0 Å². The Morgan fingerprint density at radius 3 is 2.40 bits per heavy atom. The van der Waals surface area contributed by atoms with Gasteiger partial charge >= 0.3 is 0 Å². The second kappa shape index (κ2) is 5.90. The van der Waals surface area contributed by atoms with E-state index in [0.717, 1.165) is 5.56 Å². The lowest BCUT2D eigenvalue weighted by Gasteiger charge is -2.15. The third-order valence-electron chi connectivity index (χ3n) is 3.40. The summed E-state index contributed by atoms with van der Waals surface area (Å²) in [6, 6.07) is 9.86. The Hall–Kier alpha value is -2.10. The van der Waals surface area contributed by atoms with Crippen molar-refractivity contribution in [1.29, 1.82) is 0 Å². The second-order valence-corrected chi connectivity index (χ2v) is 5.10. The van der Waals surface area contributed by atoms with Crippen LogP contribution in [0.2, 0.25) is 0 Å². The molecule has 1 heterocycles. The van der Waals surface area contributed by atoms with Crippen molar-refractivity contribution in [3.63, 3.8) is 0 Å². The van der Waals surface area contributed by atoms with E-state index in [1.807, 2.05) is 51.1 Å². The Morgan fingerprint density at radius 2 is 1.85 bits per heavy atom. The number of aromatic nitrogens is 2. The number of hydrogen-bond donors (Lipinski definition) is 0. The van der Waals surface area contributed by atoms with Gasteiger partial charge in [0.15, 0.2) is 11.5 Å². The van der Waals surface area contributed by atoms with Gasteiger partial charge in [0, 0.05) is 12.0 Å². The molecule has 20 heavy (non-hydrogen) atoms. The van der Waals surface area contributed by atoms with Gasteiger partial charge in [0.2, 0.25) is 0 Å². The highest BCUT2D eigenvalue weighted by atomic mass is 16.5. The summed E-state index contributed by atoms with van der Waals surface area (Å²) in [5.74, 6) is 0.338. The molecule has 106 valence electrons. The van der Waals surface area contributed by atoms with E-state index in [2.05, 4.69) is 5.10 Å². The Kier molecular flexibility index (Phi) is 4.23. The van der Waals surface area contributed by atoms with E-state index in [9.17, 15) is 4.79 Å². The number of carbonyl (C=O) groups excluding carboxylic acids is 1. The lowest BCUT2D eigenvalue weighted by molar-refractivity contribution is 0.0950. The highest BCUT2D eigenvalue weighted by molar-refractivity contribution is 6.01. The first-order valence-corrected chi connectivity index (χ1v) is 6.77.